The van der Waals surface area contributed by atoms with Crippen molar-refractivity contribution in [3.63, 3.8) is 0 Å². The van der Waals surface area contributed by atoms with Gasteiger partial charge in [0.1, 0.15) is 5.01 Å². The Morgan fingerprint density at radius 1 is 1.33 bits per heavy atom. The van der Waals surface area contributed by atoms with Crippen molar-refractivity contribution in [2.24, 2.45) is 0 Å². The number of carbonyl (C=O) groups excluding carboxylic acids is 1. The van der Waals surface area contributed by atoms with Crippen molar-refractivity contribution < 1.29 is 9.53 Å². The predicted octanol–water partition coefficient (Wildman–Crippen LogP) is 3.10. The lowest BCUT2D eigenvalue weighted by Crippen LogP contribution is -2.12. The standard InChI is InChI=1S/C14H18N4O2S/c1-4-9(5-2)13-17-18-14(21-13)16-12(19)10-6-7-11(20-3)15-8-10/h6-9H,4-5H2,1-3H3,(H,16,18,19). The molecule has 2 aromatic heterocycles. The van der Waals surface area contributed by atoms with E-state index in [1.165, 1.54) is 24.6 Å². The zero-order chi connectivity index (χ0) is 15.2. The molecule has 2 aromatic rings. The molecule has 1 N–H and O–H groups in total. The highest BCUT2D eigenvalue weighted by molar-refractivity contribution is 7.15. The maximum absolute atomic E-state index is 12.1. The number of nitrogens with one attached hydrogen (secondary N) is 1. The van der Waals surface area contributed by atoms with Crippen molar-refractivity contribution in [2.75, 3.05) is 12.4 Å². The van der Waals surface area contributed by atoms with Crippen LogP contribution in [0.1, 0.15) is 48.0 Å². The average molecular weight is 306 g/mol. The minimum atomic E-state index is -0.252. The Kier molecular flexibility index (Phi) is 5.21. The van der Waals surface area contributed by atoms with E-state index in [-0.39, 0.29) is 5.91 Å². The van der Waals surface area contributed by atoms with E-state index >= 15 is 0 Å². The van der Waals surface area contributed by atoms with E-state index in [1.54, 1.807) is 12.1 Å². The van der Waals surface area contributed by atoms with E-state index in [0.29, 0.717) is 22.5 Å². The van der Waals surface area contributed by atoms with Gasteiger partial charge in [0.2, 0.25) is 11.0 Å². The molecular formula is C14H18N4O2S. The van der Waals surface area contributed by atoms with Gasteiger partial charge in [-0.05, 0) is 18.9 Å². The van der Waals surface area contributed by atoms with E-state index in [4.69, 9.17) is 4.74 Å². The van der Waals surface area contributed by atoms with Crippen LogP contribution in [0, 0.1) is 0 Å². The highest BCUT2D eigenvalue weighted by atomic mass is 32.1. The molecule has 1 amide bonds. The normalized spacial score (nSPS) is 10.7. The van der Waals surface area contributed by atoms with Gasteiger partial charge in [0.05, 0.1) is 12.7 Å². The van der Waals surface area contributed by atoms with Crippen LogP contribution in [0.25, 0.3) is 0 Å². The molecule has 112 valence electrons. The molecule has 21 heavy (non-hydrogen) atoms. The minimum Gasteiger partial charge on any atom is -0.481 e. The second-order valence-corrected chi connectivity index (χ2v) is 5.51. The van der Waals surface area contributed by atoms with Gasteiger partial charge < -0.3 is 4.74 Å². The van der Waals surface area contributed by atoms with Gasteiger partial charge in [-0.25, -0.2) is 4.98 Å². The fourth-order valence-corrected chi connectivity index (χ4v) is 2.90. The second-order valence-electron chi connectivity index (χ2n) is 4.50. The van der Waals surface area contributed by atoms with Crippen LogP contribution in [-0.2, 0) is 0 Å². The molecule has 2 heterocycles. The molecule has 0 atom stereocenters. The van der Waals surface area contributed by atoms with Gasteiger partial charge in [0, 0.05) is 18.2 Å². The van der Waals surface area contributed by atoms with Crippen LogP contribution in [0.3, 0.4) is 0 Å². The quantitative estimate of drug-likeness (QED) is 0.887. The first-order valence-corrected chi connectivity index (χ1v) is 7.64. The topological polar surface area (TPSA) is 77.0 Å². The van der Waals surface area contributed by atoms with Crippen LogP contribution in [0.4, 0.5) is 5.13 Å². The van der Waals surface area contributed by atoms with Crippen LogP contribution < -0.4 is 10.1 Å². The second kappa shape index (κ2) is 7.12. The Labute approximate surface area is 127 Å². The van der Waals surface area contributed by atoms with E-state index in [0.717, 1.165) is 17.8 Å². The highest BCUT2D eigenvalue weighted by Crippen LogP contribution is 2.28. The van der Waals surface area contributed by atoms with Gasteiger partial charge in [-0.2, -0.15) is 0 Å². The Morgan fingerprint density at radius 3 is 2.67 bits per heavy atom. The number of hydrogen-bond acceptors (Lipinski definition) is 6. The first kappa shape index (κ1) is 15.4. The zero-order valence-corrected chi connectivity index (χ0v) is 13.1. The van der Waals surface area contributed by atoms with Crippen molar-refractivity contribution in [1.29, 1.82) is 0 Å². The van der Waals surface area contributed by atoms with Gasteiger partial charge in [-0.1, -0.05) is 25.2 Å². The van der Waals surface area contributed by atoms with Crippen LogP contribution in [0.5, 0.6) is 5.88 Å². The maximum atomic E-state index is 12.1. The van der Waals surface area contributed by atoms with Crippen molar-refractivity contribution >= 4 is 22.4 Å². The molecule has 7 heteroatoms. The summed E-state index contributed by atoms with van der Waals surface area (Å²) in [5.74, 6) is 0.617. The predicted molar refractivity (Wildman–Crippen MR) is 82.0 cm³/mol. The average Bonchev–Trinajstić information content (AvgIpc) is 2.97. The van der Waals surface area contributed by atoms with Gasteiger partial charge in [0.25, 0.3) is 5.91 Å². The van der Waals surface area contributed by atoms with Crippen LogP contribution in [0.15, 0.2) is 18.3 Å². The summed E-state index contributed by atoms with van der Waals surface area (Å²) in [7, 11) is 1.53. The minimum absolute atomic E-state index is 0.252. The van der Waals surface area contributed by atoms with E-state index in [1.807, 2.05) is 0 Å². The van der Waals surface area contributed by atoms with Crippen LogP contribution in [0.2, 0.25) is 0 Å². The number of rotatable bonds is 6. The van der Waals surface area contributed by atoms with Crippen molar-refractivity contribution in [1.82, 2.24) is 15.2 Å². The lowest BCUT2D eigenvalue weighted by atomic mass is 10.1. The summed E-state index contributed by atoms with van der Waals surface area (Å²) in [4.78, 5) is 16.1. The van der Waals surface area contributed by atoms with Gasteiger partial charge in [-0.3, -0.25) is 10.1 Å². The summed E-state index contributed by atoms with van der Waals surface area (Å²) < 4.78 is 4.96. The SMILES string of the molecule is CCC(CC)c1nnc(NC(=O)c2ccc(OC)nc2)s1. The lowest BCUT2D eigenvalue weighted by Gasteiger charge is -2.05. The zero-order valence-electron chi connectivity index (χ0n) is 12.3. The van der Waals surface area contributed by atoms with Gasteiger partial charge in [-0.15, -0.1) is 10.2 Å². The van der Waals surface area contributed by atoms with Crippen LogP contribution in [-0.4, -0.2) is 28.2 Å². The third-order valence-electron chi connectivity index (χ3n) is 3.20. The van der Waals surface area contributed by atoms with E-state index < -0.39 is 0 Å². The number of anilines is 1. The van der Waals surface area contributed by atoms with Crippen molar-refractivity contribution in [3.05, 3.63) is 28.9 Å². The summed E-state index contributed by atoms with van der Waals surface area (Å²) >= 11 is 1.42. The molecule has 0 aliphatic carbocycles. The largest absolute Gasteiger partial charge is 0.481 e. The smallest absolute Gasteiger partial charge is 0.259 e. The Balaban J connectivity index is 2.05. The highest BCUT2D eigenvalue weighted by Gasteiger charge is 2.15. The lowest BCUT2D eigenvalue weighted by molar-refractivity contribution is 0.102. The van der Waals surface area contributed by atoms with Gasteiger partial charge in [0.15, 0.2) is 0 Å². The Hall–Kier alpha value is -2.02. The van der Waals surface area contributed by atoms with Crippen molar-refractivity contribution in [2.45, 2.75) is 32.6 Å². The van der Waals surface area contributed by atoms with Crippen molar-refractivity contribution in [3.8, 4) is 5.88 Å². The molecule has 0 aliphatic rings. The molecule has 0 aromatic carbocycles. The summed E-state index contributed by atoms with van der Waals surface area (Å²) in [5, 5.41) is 12.4. The molecule has 0 aliphatic heterocycles. The van der Waals surface area contributed by atoms with E-state index in [9.17, 15) is 4.79 Å². The fraction of sp³-hybridized carbons (Fsp3) is 0.429. The van der Waals surface area contributed by atoms with E-state index in [2.05, 4.69) is 34.3 Å². The molecule has 0 saturated heterocycles. The molecule has 2 rings (SSSR count). The molecule has 0 fully saturated rings. The summed E-state index contributed by atoms with van der Waals surface area (Å²) in [5.41, 5.74) is 0.454. The number of aromatic nitrogens is 3. The third kappa shape index (κ3) is 3.75. The summed E-state index contributed by atoms with van der Waals surface area (Å²) in [6, 6.07) is 3.30. The molecule has 0 radical (unpaired) electrons. The molecule has 0 bridgehead atoms. The number of pyridine rings is 1. The van der Waals surface area contributed by atoms with Crippen LogP contribution >= 0.6 is 11.3 Å². The number of amides is 1. The molecule has 0 saturated carbocycles. The summed E-state index contributed by atoms with van der Waals surface area (Å²) in [6.07, 6.45) is 3.50. The Bertz CT molecular complexity index is 593. The third-order valence-corrected chi connectivity index (χ3v) is 4.20. The van der Waals surface area contributed by atoms with Gasteiger partial charge >= 0.3 is 0 Å². The summed E-state index contributed by atoms with van der Waals surface area (Å²) in [6.45, 7) is 4.24. The number of nitrogens with zero attached hydrogens (tertiary/aromatic N) is 3. The number of ether oxygens (including phenoxy) is 1. The monoisotopic (exact) mass is 306 g/mol. The number of carbonyl (C=O) groups is 1. The first-order chi connectivity index (χ1) is 10.2. The number of methoxy groups -OCH3 is 1. The molecule has 0 spiro atoms. The number of hydrogen-bond donors (Lipinski definition) is 1. The first-order valence-electron chi connectivity index (χ1n) is 6.82. The molecule has 6 nitrogen and oxygen atoms in total. The Morgan fingerprint density at radius 2 is 2.10 bits per heavy atom. The molecular weight excluding hydrogens is 288 g/mol. The molecule has 0 unspecified atom stereocenters. The fourth-order valence-electron chi connectivity index (χ4n) is 1.89. The maximum Gasteiger partial charge on any atom is 0.259 e.